The molecule has 16 heavy (non-hydrogen) atoms. The van der Waals surface area contributed by atoms with Crippen LogP contribution in [-0.2, 0) is 0 Å². The lowest BCUT2D eigenvalue weighted by Gasteiger charge is -2.14. The second-order valence-electron chi connectivity index (χ2n) is 3.70. The summed E-state index contributed by atoms with van der Waals surface area (Å²) in [6, 6.07) is 7.54. The molecule has 0 aliphatic heterocycles. The molecular weight excluding hydrogens is 263 g/mol. The predicted molar refractivity (Wildman–Crippen MR) is 70.0 cm³/mol. The number of halogens is 2. The minimum absolute atomic E-state index is 0.544. The van der Waals surface area contributed by atoms with Gasteiger partial charge in [-0.3, -0.25) is 0 Å². The minimum Gasteiger partial charge on any atom is -0.314 e. The number of thioether (sulfide) groups is 1. The van der Waals surface area contributed by atoms with Crippen LogP contribution in [0.1, 0.15) is 13.3 Å². The van der Waals surface area contributed by atoms with E-state index in [0.29, 0.717) is 16.5 Å². The zero-order valence-electron chi connectivity index (χ0n) is 8.84. The molecular formula is C11H12Cl2N2S. The lowest BCUT2D eigenvalue weighted by Crippen LogP contribution is -2.34. The van der Waals surface area contributed by atoms with Crippen molar-refractivity contribution in [2.24, 2.45) is 5.73 Å². The Morgan fingerprint density at radius 3 is 2.69 bits per heavy atom. The van der Waals surface area contributed by atoms with Crippen LogP contribution in [0.25, 0.3) is 0 Å². The van der Waals surface area contributed by atoms with Gasteiger partial charge < -0.3 is 5.73 Å². The van der Waals surface area contributed by atoms with E-state index >= 15 is 0 Å². The minimum atomic E-state index is -0.761. The normalized spacial score (nSPS) is 14.2. The molecule has 0 saturated carbocycles. The maximum Gasteiger partial charge on any atom is 0.102 e. The first-order chi connectivity index (χ1) is 7.44. The van der Waals surface area contributed by atoms with E-state index in [1.165, 1.54) is 0 Å². The Balaban J connectivity index is 2.50. The van der Waals surface area contributed by atoms with Crippen LogP contribution in [0.4, 0.5) is 0 Å². The summed E-state index contributed by atoms with van der Waals surface area (Å²) < 4.78 is 0. The van der Waals surface area contributed by atoms with Crippen LogP contribution >= 0.6 is 35.0 Å². The molecule has 0 amide bonds. The standard InChI is InChI=1S/C11H12Cl2N2S/c1-11(15,7-14)4-5-16-8-2-3-9(12)10(13)6-8/h2-3,6H,4-5,15H2,1H3. The summed E-state index contributed by atoms with van der Waals surface area (Å²) in [6.07, 6.45) is 0.633. The van der Waals surface area contributed by atoms with Gasteiger partial charge in [0.25, 0.3) is 0 Å². The van der Waals surface area contributed by atoms with Crippen LogP contribution in [0.5, 0.6) is 0 Å². The Kier molecular flexibility index (Phi) is 4.94. The zero-order chi connectivity index (χ0) is 12.2. The molecule has 1 aromatic carbocycles. The van der Waals surface area contributed by atoms with E-state index in [4.69, 9.17) is 34.2 Å². The Hall–Kier alpha value is -0.400. The van der Waals surface area contributed by atoms with Crippen molar-refractivity contribution in [3.05, 3.63) is 28.2 Å². The largest absolute Gasteiger partial charge is 0.314 e. The number of nitrogens with two attached hydrogens (primary N) is 1. The highest BCUT2D eigenvalue weighted by atomic mass is 35.5. The third-order valence-corrected chi connectivity index (χ3v) is 3.77. The van der Waals surface area contributed by atoms with E-state index in [1.54, 1.807) is 24.8 Å². The number of hydrogen-bond donors (Lipinski definition) is 1. The highest BCUT2D eigenvalue weighted by Crippen LogP contribution is 2.28. The molecule has 0 fully saturated rings. The van der Waals surface area contributed by atoms with Gasteiger partial charge in [-0.1, -0.05) is 23.2 Å². The summed E-state index contributed by atoms with van der Waals surface area (Å²) in [7, 11) is 0. The second kappa shape index (κ2) is 5.79. The van der Waals surface area contributed by atoms with Crippen LogP contribution < -0.4 is 5.73 Å². The summed E-state index contributed by atoms with van der Waals surface area (Å²) in [5, 5.41) is 9.84. The Morgan fingerprint density at radius 2 is 2.12 bits per heavy atom. The maximum absolute atomic E-state index is 8.75. The van der Waals surface area contributed by atoms with E-state index in [9.17, 15) is 0 Å². The van der Waals surface area contributed by atoms with Crippen LogP contribution in [0, 0.1) is 11.3 Å². The van der Waals surface area contributed by atoms with Crippen LogP contribution in [-0.4, -0.2) is 11.3 Å². The van der Waals surface area contributed by atoms with Crippen LogP contribution in [0.15, 0.2) is 23.1 Å². The molecule has 5 heteroatoms. The van der Waals surface area contributed by atoms with Crippen molar-refractivity contribution in [3.8, 4) is 6.07 Å². The van der Waals surface area contributed by atoms with Gasteiger partial charge in [0.15, 0.2) is 0 Å². The predicted octanol–water partition coefficient (Wildman–Crippen LogP) is 3.72. The van der Waals surface area contributed by atoms with Crippen molar-refractivity contribution in [2.75, 3.05) is 5.75 Å². The number of rotatable bonds is 4. The van der Waals surface area contributed by atoms with Crippen molar-refractivity contribution >= 4 is 35.0 Å². The number of nitriles is 1. The first kappa shape index (κ1) is 13.7. The second-order valence-corrected chi connectivity index (χ2v) is 5.69. The lowest BCUT2D eigenvalue weighted by molar-refractivity contribution is 0.583. The van der Waals surface area contributed by atoms with Gasteiger partial charge in [-0.15, -0.1) is 11.8 Å². The summed E-state index contributed by atoms with van der Waals surface area (Å²) in [5.74, 6) is 0.776. The maximum atomic E-state index is 8.75. The first-order valence-electron chi connectivity index (χ1n) is 4.72. The van der Waals surface area contributed by atoms with Gasteiger partial charge in [0.1, 0.15) is 5.54 Å². The van der Waals surface area contributed by atoms with E-state index in [-0.39, 0.29) is 0 Å². The molecule has 2 nitrogen and oxygen atoms in total. The van der Waals surface area contributed by atoms with Crippen molar-refractivity contribution in [2.45, 2.75) is 23.8 Å². The molecule has 1 atom stereocenters. The Morgan fingerprint density at radius 1 is 1.44 bits per heavy atom. The van der Waals surface area contributed by atoms with Crippen molar-refractivity contribution in [1.82, 2.24) is 0 Å². The fourth-order valence-electron chi connectivity index (χ4n) is 1.00. The molecule has 1 aromatic rings. The average Bonchev–Trinajstić information content (AvgIpc) is 2.23. The molecule has 2 N–H and O–H groups in total. The van der Waals surface area contributed by atoms with Gasteiger partial charge in [-0.25, -0.2) is 0 Å². The van der Waals surface area contributed by atoms with Gasteiger partial charge in [-0.05, 0) is 31.5 Å². The quantitative estimate of drug-likeness (QED) is 0.852. The molecule has 0 aliphatic carbocycles. The molecule has 0 aliphatic rings. The van der Waals surface area contributed by atoms with Crippen molar-refractivity contribution in [3.63, 3.8) is 0 Å². The highest BCUT2D eigenvalue weighted by molar-refractivity contribution is 7.99. The summed E-state index contributed by atoms with van der Waals surface area (Å²) >= 11 is 13.3. The average molecular weight is 275 g/mol. The van der Waals surface area contributed by atoms with Crippen molar-refractivity contribution < 1.29 is 0 Å². The number of benzene rings is 1. The smallest absolute Gasteiger partial charge is 0.102 e. The van der Waals surface area contributed by atoms with Gasteiger partial charge in [-0.2, -0.15) is 5.26 Å². The Bertz CT molecular complexity index is 413. The van der Waals surface area contributed by atoms with E-state index in [1.807, 2.05) is 12.1 Å². The van der Waals surface area contributed by atoms with Crippen LogP contribution in [0.2, 0.25) is 10.0 Å². The van der Waals surface area contributed by atoms with Gasteiger partial charge >= 0.3 is 0 Å². The van der Waals surface area contributed by atoms with Crippen molar-refractivity contribution in [1.29, 1.82) is 5.26 Å². The Labute approximate surface area is 110 Å². The van der Waals surface area contributed by atoms with E-state index in [2.05, 4.69) is 6.07 Å². The van der Waals surface area contributed by atoms with E-state index in [0.717, 1.165) is 10.6 Å². The lowest BCUT2D eigenvalue weighted by atomic mass is 10.0. The van der Waals surface area contributed by atoms with Gasteiger partial charge in [0, 0.05) is 10.6 Å². The van der Waals surface area contributed by atoms with Gasteiger partial charge in [0.2, 0.25) is 0 Å². The SMILES string of the molecule is CC(N)(C#N)CCSc1ccc(Cl)c(Cl)c1. The molecule has 1 unspecified atom stereocenters. The molecule has 0 bridgehead atoms. The highest BCUT2D eigenvalue weighted by Gasteiger charge is 2.16. The summed E-state index contributed by atoms with van der Waals surface area (Å²) in [6.45, 7) is 1.72. The molecule has 86 valence electrons. The molecule has 0 radical (unpaired) electrons. The summed E-state index contributed by atoms with van der Waals surface area (Å²) in [5.41, 5.74) is 4.95. The third kappa shape index (κ3) is 4.23. The number of hydrogen-bond acceptors (Lipinski definition) is 3. The zero-order valence-corrected chi connectivity index (χ0v) is 11.2. The molecule has 0 saturated heterocycles. The molecule has 1 rings (SSSR count). The topological polar surface area (TPSA) is 49.8 Å². The molecule has 0 aromatic heterocycles. The third-order valence-electron chi connectivity index (χ3n) is 2.04. The monoisotopic (exact) mass is 274 g/mol. The van der Waals surface area contributed by atoms with Crippen LogP contribution in [0.3, 0.4) is 0 Å². The molecule has 0 heterocycles. The fourth-order valence-corrected chi connectivity index (χ4v) is 2.49. The fraction of sp³-hybridized carbons (Fsp3) is 0.364. The first-order valence-corrected chi connectivity index (χ1v) is 6.47. The number of nitrogens with zero attached hydrogens (tertiary/aromatic N) is 1. The van der Waals surface area contributed by atoms with Gasteiger partial charge in [0.05, 0.1) is 16.1 Å². The molecule has 0 spiro atoms. The summed E-state index contributed by atoms with van der Waals surface area (Å²) in [4.78, 5) is 1.03. The van der Waals surface area contributed by atoms with E-state index < -0.39 is 5.54 Å².